The number of morpholine rings is 1. The Morgan fingerprint density at radius 2 is 1.88 bits per heavy atom. The van der Waals surface area contributed by atoms with E-state index >= 15 is 0 Å². The first-order valence-corrected chi connectivity index (χ1v) is 13.5. The van der Waals surface area contributed by atoms with Gasteiger partial charge in [0, 0.05) is 56.3 Å². The zero-order valence-corrected chi connectivity index (χ0v) is 20.4. The Labute approximate surface area is 201 Å². The molecule has 5 aliphatic rings. The average Bonchev–Trinajstić information content (AvgIpc) is 3.50. The molecule has 5 fully saturated rings. The molecule has 194 valence electrons. The number of carbonyl (C=O) groups excluding carboxylic acids is 1. The van der Waals surface area contributed by atoms with Crippen LogP contribution in [0.15, 0.2) is 0 Å². The van der Waals surface area contributed by atoms with E-state index in [1.807, 2.05) is 0 Å². The van der Waals surface area contributed by atoms with Crippen LogP contribution in [0.25, 0.3) is 0 Å². The second-order valence-electron chi connectivity index (χ2n) is 11.5. The number of rotatable bonds is 5. The first-order chi connectivity index (χ1) is 16.4. The van der Waals surface area contributed by atoms with Crippen molar-refractivity contribution < 1.29 is 23.4 Å². The maximum absolute atomic E-state index is 14.8. The largest absolute Gasteiger partial charge is 0.394 e. The van der Waals surface area contributed by atoms with Crippen molar-refractivity contribution in [2.45, 2.75) is 101 Å². The van der Waals surface area contributed by atoms with Crippen LogP contribution >= 0.6 is 0 Å². The lowest BCUT2D eigenvalue weighted by Gasteiger charge is -2.39. The number of nitrogens with zero attached hydrogens (tertiary/aromatic N) is 2. The fourth-order valence-corrected chi connectivity index (χ4v) is 7.32. The first-order valence-electron chi connectivity index (χ1n) is 13.5. The van der Waals surface area contributed by atoms with E-state index in [9.17, 15) is 18.7 Å². The van der Waals surface area contributed by atoms with E-state index in [2.05, 4.69) is 27.4 Å². The van der Waals surface area contributed by atoms with E-state index in [1.54, 1.807) is 0 Å². The minimum absolute atomic E-state index is 0.0444. The van der Waals surface area contributed by atoms with Crippen LogP contribution in [0.5, 0.6) is 0 Å². The van der Waals surface area contributed by atoms with Crippen LogP contribution < -0.4 is 10.6 Å². The SMILES string of the molecule is CC1CCC(F)C2CC(C(=O)NC3CC(F)CC(N4CC[C@H](N5CCO[C@H](CO)C5)C4)C3)NC12. The number of alkyl halides is 2. The van der Waals surface area contributed by atoms with Crippen LogP contribution in [0, 0.1) is 11.8 Å². The highest BCUT2D eigenvalue weighted by molar-refractivity contribution is 5.82. The van der Waals surface area contributed by atoms with Gasteiger partial charge in [0.1, 0.15) is 12.3 Å². The number of hydrogen-bond donors (Lipinski definition) is 3. The zero-order chi connectivity index (χ0) is 23.8. The molecule has 0 radical (unpaired) electrons. The van der Waals surface area contributed by atoms with Gasteiger partial charge in [-0.2, -0.15) is 0 Å². The van der Waals surface area contributed by atoms with Crippen molar-refractivity contribution in [1.29, 1.82) is 0 Å². The molecule has 7 nitrogen and oxygen atoms in total. The Morgan fingerprint density at radius 3 is 2.68 bits per heavy atom. The highest BCUT2D eigenvalue weighted by Crippen LogP contribution is 2.39. The van der Waals surface area contributed by atoms with Gasteiger partial charge >= 0.3 is 0 Å². The third-order valence-electron chi connectivity index (χ3n) is 9.23. The Morgan fingerprint density at radius 1 is 1.06 bits per heavy atom. The molecule has 1 amide bonds. The van der Waals surface area contributed by atoms with E-state index in [0.29, 0.717) is 44.2 Å². The minimum atomic E-state index is -0.917. The van der Waals surface area contributed by atoms with Crippen LogP contribution in [-0.2, 0) is 9.53 Å². The van der Waals surface area contributed by atoms with Crippen molar-refractivity contribution >= 4 is 5.91 Å². The summed E-state index contributed by atoms with van der Waals surface area (Å²) in [5.74, 6) is 0.209. The lowest BCUT2D eigenvalue weighted by molar-refractivity contribution is -0.124. The number of amides is 1. The molecule has 10 atom stereocenters. The topological polar surface area (TPSA) is 77.1 Å². The van der Waals surface area contributed by atoms with E-state index in [-0.39, 0.29) is 48.7 Å². The molecule has 0 aromatic rings. The normalized spacial score (nSPS) is 46.4. The summed E-state index contributed by atoms with van der Waals surface area (Å²) < 4.78 is 34.8. The van der Waals surface area contributed by atoms with Gasteiger partial charge in [-0.05, 0) is 50.9 Å². The molecule has 3 N–H and O–H groups in total. The molecule has 9 heteroatoms. The Hall–Kier alpha value is -0.870. The van der Waals surface area contributed by atoms with Gasteiger partial charge in [-0.1, -0.05) is 6.92 Å². The van der Waals surface area contributed by atoms with Gasteiger partial charge in [0.15, 0.2) is 0 Å². The Balaban J connectivity index is 1.14. The van der Waals surface area contributed by atoms with Crippen LogP contribution in [0.2, 0.25) is 0 Å². The molecule has 8 unspecified atom stereocenters. The Kier molecular flexibility index (Phi) is 7.75. The third-order valence-corrected chi connectivity index (χ3v) is 9.23. The summed E-state index contributed by atoms with van der Waals surface area (Å²) in [7, 11) is 0. The van der Waals surface area contributed by atoms with E-state index in [4.69, 9.17) is 4.74 Å². The molecule has 0 aromatic carbocycles. The predicted molar refractivity (Wildman–Crippen MR) is 125 cm³/mol. The molecule has 2 saturated carbocycles. The second-order valence-corrected chi connectivity index (χ2v) is 11.5. The standard InChI is InChI=1S/C25H42F2N4O3/c1-15-2-3-22(27)21-11-23(29-24(15)21)25(33)28-17-8-16(26)9-19(10-17)30-5-4-18(12-30)31-6-7-34-20(13-31)14-32/h15-24,29,32H,2-14H2,1H3,(H,28,33)/t15?,16?,17?,18-,19?,20-,21?,22?,23?,24?/m0/s1. The van der Waals surface area contributed by atoms with Crippen molar-refractivity contribution in [1.82, 2.24) is 20.4 Å². The van der Waals surface area contributed by atoms with Crippen molar-refractivity contribution in [3.63, 3.8) is 0 Å². The van der Waals surface area contributed by atoms with Crippen molar-refractivity contribution in [3.05, 3.63) is 0 Å². The van der Waals surface area contributed by atoms with Crippen molar-refractivity contribution in [3.8, 4) is 0 Å². The van der Waals surface area contributed by atoms with Gasteiger partial charge in [-0.25, -0.2) is 8.78 Å². The molecule has 0 spiro atoms. The molecular formula is C25H42F2N4O3. The molecule has 34 heavy (non-hydrogen) atoms. The quantitative estimate of drug-likeness (QED) is 0.545. The summed E-state index contributed by atoms with van der Waals surface area (Å²) in [5.41, 5.74) is 0. The molecule has 5 rings (SSSR count). The molecule has 3 aliphatic heterocycles. The zero-order valence-electron chi connectivity index (χ0n) is 20.4. The van der Waals surface area contributed by atoms with E-state index < -0.39 is 12.3 Å². The van der Waals surface area contributed by atoms with Crippen LogP contribution in [0.3, 0.4) is 0 Å². The third kappa shape index (κ3) is 5.28. The summed E-state index contributed by atoms with van der Waals surface area (Å²) in [5, 5.41) is 16.0. The number of nitrogens with one attached hydrogen (secondary N) is 2. The number of aliphatic hydroxyl groups is 1. The number of hydrogen-bond acceptors (Lipinski definition) is 6. The Bertz CT molecular complexity index is 700. The van der Waals surface area contributed by atoms with Gasteiger partial charge in [-0.3, -0.25) is 14.6 Å². The molecule has 3 heterocycles. The molecule has 0 aromatic heterocycles. The summed E-state index contributed by atoms with van der Waals surface area (Å²) in [6, 6.07) is 0.0603. The highest BCUT2D eigenvalue weighted by Gasteiger charge is 2.47. The average molecular weight is 485 g/mol. The number of likely N-dealkylation sites (tertiary alicyclic amines) is 1. The highest BCUT2D eigenvalue weighted by atomic mass is 19.1. The van der Waals surface area contributed by atoms with E-state index in [1.165, 1.54) is 0 Å². The minimum Gasteiger partial charge on any atom is -0.394 e. The van der Waals surface area contributed by atoms with Gasteiger partial charge in [0.2, 0.25) is 5.91 Å². The van der Waals surface area contributed by atoms with Crippen LogP contribution in [-0.4, -0.2) is 109 Å². The van der Waals surface area contributed by atoms with E-state index in [0.717, 1.165) is 45.4 Å². The number of aliphatic hydroxyl groups excluding tert-OH is 1. The lowest BCUT2D eigenvalue weighted by atomic mass is 9.77. The molecule has 2 aliphatic carbocycles. The maximum Gasteiger partial charge on any atom is 0.237 e. The van der Waals surface area contributed by atoms with Gasteiger partial charge in [0.05, 0.1) is 25.4 Å². The molecule has 0 bridgehead atoms. The van der Waals surface area contributed by atoms with Crippen LogP contribution in [0.4, 0.5) is 8.78 Å². The van der Waals surface area contributed by atoms with Crippen LogP contribution in [0.1, 0.15) is 51.9 Å². The summed E-state index contributed by atoms with van der Waals surface area (Å²) in [4.78, 5) is 17.9. The fourth-order valence-electron chi connectivity index (χ4n) is 7.32. The number of halogens is 2. The van der Waals surface area contributed by atoms with Crippen molar-refractivity contribution in [2.24, 2.45) is 11.8 Å². The molecular weight excluding hydrogens is 442 g/mol. The maximum atomic E-state index is 14.8. The monoisotopic (exact) mass is 484 g/mol. The fraction of sp³-hybridized carbons (Fsp3) is 0.960. The lowest BCUT2D eigenvalue weighted by Crippen LogP contribution is -2.53. The summed E-state index contributed by atoms with van der Waals surface area (Å²) in [6.45, 7) is 6.29. The summed E-state index contributed by atoms with van der Waals surface area (Å²) in [6.07, 6.45) is 2.83. The number of carbonyl (C=O) groups is 1. The van der Waals surface area contributed by atoms with Crippen molar-refractivity contribution in [2.75, 3.05) is 39.4 Å². The summed E-state index contributed by atoms with van der Waals surface area (Å²) >= 11 is 0. The van der Waals surface area contributed by atoms with Gasteiger partial charge in [-0.15, -0.1) is 0 Å². The second kappa shape index (κ2) is 10.6. The number of ether oxygens (including phenoxy) is 1. The van der Waals surface area contributed by atoms with Gasteiger partial charge in [0.25, 0.3) is 0 Å². The predicted octanol–water partition coefficient (Wildman–Crippen LogP) is 1.24. The smallest absolute Gasteiger partial charge is 0.237 e. The van der Waals surface area contributed by atoms with Gasteiger partial charge < -0.3 is 20.5 Å². The first kappa shape index (κ1) is 24.8. The molecule has 3 saturated heterocycles. The number of fused-ring (bicyclic) bond motifs is 1.